The Bertz CT molecular complexity index is 887. The van der Waals surface area contributed by atoms with E-state index >= 15 is 0 Å². The van der Waals surface area contributed by atoms with Crippen molar-refractivity contribution in [1.82, 2.24) is 4.98 Å². The van der Waals surface area contributed by atoms with Gasteiger partial charge in [-0.2, -0.15) is 0 Å². The van der Waals surface area contributed by atoms with Gasteiger partial charge in [0.05, 0.1) is 23.6 Å². The first-order chi connectivity index (χ1) is 12.1. The molecule has 3 nitrogen and oxygen atoms in total. The molecular formula is C22H21NO2. The van der Waals surface area contributed by atoms with Crippen LogP contribution >= 0.6 is 0 Å². The van der Waals surface area contributed by atoms with Crippen LogP contribution in [0.5, 0.6) is 0 Å². The van der Waals surface area contributed by atoms with Crippen molar-refractivity contribution in [2.24, 2.45) is 0 Å². The van der Waals surface area contributed by atoms with E-state index in [9.17, 15) is 4.79 Å². The Morgan fingerprint density at radius 1 is 0.840 bits per heavy atom. The molecule has 25 heavy (non-hydrogen) atoms. The highest BCUT2D eigenvalue weighted by Crippen LogP contribution is 2.32. The van der Waals surface area contributed by atoms with Crippen LogP contribution in [0.1, 0.15) is 28.4 Å². The summed E-state index contributed by atoms with van der Waals surface area (Å²) < 4.78 is 5.29. The van der Waals surface area contributed by atoms with E-state index in [0.29, 0.717) is 17.9 Å². The number of ether oxygens (including phenoxy) is 1. The van der Waals surface area contributed by atoms with E-state index in [-0.39, 0.29) is 5.97 Å². The quantitative estimate of drug-likeness (QED) is 0.616. The van der Waals surface area contributed by atoms with E-state index in [1.54, 1.807) is 0 Å². The molecule has 0 radical (unpaired) electrons. The summed E-state index contributed by atoms with van der Waals surface area (Å²) in [6, 6.07) is 19.8. The maximum atomic E-state index is 12.6. The van der Waals surface area contributed by atoms with Crippen molar-refractivity contribution >= 4 is 5.97 Å². The van der Waals surface area contributed by atoms with Crippen LogP contribution in [0, 0.1) is 13.8 Å². The van der Waals surface area contributed by atoms with Crippen molar-refractivity contribution in [2.45, 2.75) is 20.8 Å². The minimum atomic E-state index is -0.325. The molecule has 126 valence electrons. The molecule has 0 fully saturated rings. The van der Waals surface area contributed by atoms with E-state index in [2.05, 4.69) is 0 Å². The number of nitrogens with zero attached hydrogens (tertiary/aromatic N) is 1. The molecular weight excluding hydrogens is 310 g/mol. The van der Waals surface area contributed by atoms with Crippen LogP contribution in [0.15, 0.2) is 60.7 Å². The summed E-state index contributed by atoms with van der Waals surface area (Å²) in [5, 5.41) is 0. The monoisotopic (exact) mass is 331 g/mol. The van der Waals surface area contributed by atoms with Crippen LogP contribution in [0.2, 0.25) is 0 Å². The second-order valence-corrected chi connectivity index (χ2v) is 5.89. The zero-order valence-electron chi connectivity index (χ0n) is 14.7. The molecule has 3 aromatic rings. The molecule has 0 unspecified atom stereocenters. The molecule has 1 aromatic heterocycles. The van der Waals surface area contributed by atoms with E-state index in [1.165, 1.54) is 0 Å². The zero-order valence-corrected chi connectivity index (χ0v) is 14.7. The smallest absolute Gasteiger partial charge is 0.340 e. The average molecular weight is 331 g/mol. The average Bonchev–Trinajstić information content (AvgIpc) is 2.65. The first-order valence-corrected chi connectivity index (χ1v) is 8.42. The van der Waals surface area contributed by atoms with Crippen molar-refractivity contribution in [2.75, 3.05) is 6.61 Å². The molecule has 0 bridgehead atoms. The predicted molar refractivity (Wildman–Crippen MR) is 101 cm³/mol. The Balaban J connectivity index is 2.29. The number of hydrogen-bond donors (Lipinski definition) is 0. The van der Waals surface area contributed by atoms with Gasteiger partial charge in [-0.1, -0.05) is 60.7 Å². The summed E-state index contributed by atoms with van der Waals surface area (Å²) >= 11 is 0. The summed E-state index contributed by atoms with van der Waals surface area (Å²) in [7, 11) is 0. The third kappa shape index (κ3) is 3.31. The summed E-state index contributed by atoms with van der Waals surface area (Å²) in [5.41, 5.74) is 5.96. The number of rotatable bonds is 4. The Hall–Kier alpha value is -2.94. The van der Waals surface area contributed by atoms with E-state index in [4.69, 9.17) is 9.72 Å². The van der Waals surface area contributed by atoms with Gasteiger partial charge in [0.2, 0.25) is 0 Å². The Morgan fingerprint density at radius 3 is 1.88 bits per heavy atom. The maximum Gasteiger partial charge on any atom is 0.340 e. The lowest BCUT2D eigenvalue weighted by atomic mass is 9.94. The number of esters is 1. The van der Waals surface area contributed by atoms with Crippen LogP contribution in [0.3, 0.4) is 0 Å². The van der Waals surface area contributed by atoms with Gasteiger partial charge in [0.15, 0.2) is 0 Å². The Morgan fingerprint density at radius 2 is 1.36 bits per heavy atom. The van der Waals surface area contributed by atoms with Crippen LogP contribution in [0.4, 0.5) is 0 Å². The second kappa shape index (κ2) is 7.31. The molecule has 2 aromatic carbocycles. The molecule has 0 aliphatic carbocycles. The zero-order chi connectivity index (χ0) is 17.8. The van der Waals surface area contributed by atoms with Crippen molar-refractivity contribution in [3.63, 3.8) is 0 Å². The van der Waals surface area contributed by atoms with E-state index in [1.807, 2.05) is 81.4 Å². The van der Waals surface area contributed by atoms with Crippen molar-refractivity contribution in [3.8, 4) is 22.5 Å². The number of aromatic nitrogens is 1. The largest absolute Gasteiger partial charge is 0.462 e. The fraction of sp³-hybridized carbons (Fsp3) is 0.182. The second-order valence-electron chi connectivity index (χ2n) is 5.89. The molecule has 0 saturated carbocycles. The molecule has 0 atom stereocenters. The van der Waals surface area contributed by atoms with Crippen molar-refractivity contribution < 1.29 is 9.53 Å². The Kier molecular flexibility index (Phi) is 4.94. The molecule has 3 heteroatoms. The van der Waals surface area contributed by atoms with Gasteiger partial charge in [0.1, 0.15) is 0 Å². The topological polar surface area (TPSA) is 39.2 Å². The number of pyridine rings is 1. The number of benzene rings is 2. The predicted octanol–water partition coefficient (Wildman–Crippen LogP) is 5.21. The molecule has 3 rings (SSSR count). The molecule has 0 N–H and O–H groups in total. The minimum absolute atomic E-state index is 0.325. The highest BCUT2D eigenvalue weighted by molar-refractivity contribution is 5.99. The van der Waals surface area contributed by atoms with Gasteiger partial charge >= 0.3 is 5.97 Å². The summed E-state index contributed by atoms with van der Waals surface area (Å²) in [6.45, 7) is 6.12. The van der Waals surface area contributed by atoms with Crippen LogP contribution in [0.25, 0.3) is 22.5 Å². The van der Waals surface area contributed by atoms with Crippen molar-refractivity contribution in [1.29, 1.82) is 0 Å². The highest BCUT2D eigenvalue weighted by Gasteiger charge is 2.22. The van der Waals surface area contributed by atoms with Gasteiger partial charge < -0.3 is 4.74 Å². The molecule has 1 heterocycles. The third-order valence-electron chi connectivity index (χ3n) is 4.33. The van der Waals surface area contributed by atoms with Gasteiger partial charge in [-0.25, -0.2) is 9.78 Å². The summed E-state index contributed by atoms with van der Waals surface area (Å²) in [5.74, 6) is -0.325. The SMILES string of the molecule is CCOC(=O)c1c(-c2ccccc2)nc(-c2ccccc2)c(C)c1C. The molecule has 0 aliphatic heterocycles. The normalized spacial score (nSPS) is 10.5. The van der Waals surface area contributed by atoms with Crippen LogP contribution in [-0.2, 0) is 4.74 Å². The van der Waals surface area contributed by atoms with Gasteiger partial charge in [0.25, 0.3) is 0 Å². The lowest BCUT2D eigenvalue weighted by Crippen LogP contribution is -2.12. The van der Waals surface area contributed by atoms with Crippen LogP contribution < -0.4 is 0 Å². The first kappa shape index (κ1) is 16.9. The molecule has 0 spiro atoms. The maximum absolute atomic E-state index is 12.6. The lowest BCUT2D eigenvalue weighted by molar-refractivity contribution is 0.0526. The van der Waals surface area contributed by atoms with Crippen molar-refractivity contribution in [3.05, 3.63) is 77.4 Å². The number of carbonyl (C=O) groups excluding carboxylic acids is 1. The molecule has 0 saturated heterocycles. The van der Waals surface area contributed by atoms with Gasteiger partial charge in [-0.15, -0.1) is 0 Å². The lowest BCUT2D eigenvalue weighted by Gasteiger charge is -2.17. The fourth-order valence-electron chi connectivity index (χ4n) is 2.93. The van der Waals surface area contributed by atoms with Crippen LogP contribution in [-0.4, -0.2) is 17.6 Å². The summed E-state index contributed by atoms with van der Waals surface area (Å²) in [4.78, 5) is 17.5. The standard InChI is InChI=1S/C22H21NO2/c1-4-25-22(24)19-15(2)16(3)20(17-11-7-5-8-12-17)23-21(19)18-13-9-6-10-14-18/h5-14H,4H2,1-3H3. The highest BCUT2D eigenvalue weighted by atomic mass is 16.5. The van der Waals surface area contributed by atoms with Gasteiger partial charge in [0, 0.05) is 11.1 Å². The first-order valence-electron chi connectivity index (χ1n) is 8.42. The van der Waals surface area contributed by atoms with Gasteiger partial charge in [-0.05, 0) is 31.9 Å². The Labute approximate surface area is 148 Å². The minimum Gasteiger partial charge on any atom is -0.462 e. The fourth-order valence-corrected chi connectivity index (χ4v) is 2.93. The number of hydrogen-bond acceptors (Lipinski definition) is 3. The van der Waals surface area contributed by atoms with E-state index in [0.717, 1.165) is 27.9 Å². The third-order valence-corrected chi connectivity index (χ3v) is 4.33. The summed E-state index contributed by atoms with van der Waals surface area (Å²) in [6.07, 6.45) is 0. The van der Waals surface area contributed by atoms with E-state index < -0.39 is 0 Å². The molecule has 0 amide bonds. The van der Waals surface area contributed by atoms with Gasteiger partial charge in [-0.3, -0.25) is 0 Å². The molecule has 0 aliphatic rings. The number of carbonyl (C=O) groups is 1.